The van der Waals surface area contributed by atoms with E-state index in [4.69, 9.17) is 9.47 Å². The number of para-hydroxylation sites is 1. The molecule has 0 aliphatic carbocycles. The average molecular weight is 350 g/mol. The van der Waals surface area contributed by atoms with Crippen LogP contribution in [0.4, 0.5) is 0 Å². The average Bonchev–Trinajstić information content (AvgIpc) is 3.09. The van der Waals surface area contributed by atoms with Crippen LogP contribution >= 0.6 is 0 Å². The fourth-order valence-electron chi connectivity index (χ4n) is 4.16. The van der Waals surface area contributed by atoms with Crippen molar-refractivity contribution in [2.75, 3.05) is 27.8 Å². The third kappa shape index (κ3) is 2.95. The molecule has 0 amide bonds. The van der Waals surface area contributed by atoms with Crippen LogP contribution < -0.4 is 9.47 Å². The Bertz CT molecular complexity index is 916. The van der Waals surface area contributed by atoms with Gasteiger partial charge in [-0.2, -0.15) is 0 Å². The summed E-state index contributed by atoms with van der Waals surface area (Å²) < 4.78 is 11.0. The summed E-state index contributed by atoms with van der Waals surface area (Å²) in [5, 5.41) is 1.33. The molecule has 4 heteroatoms. The van der Waals surface area contributed by atoms with Gasteiger partial charge in [0.05, 0.1) is 14.2 Å². The molecule has 0 saturated heterocycles. The van der Waals surface area contributed by atoms with Gasteiger partial charge in [0.2, 0.25) is 0 Å². The number of nitrogens with zero attached hydrogens (tertiary/aromatic N) is 1. The van der Waals surface area contributed by atoms with Crippen molar-refractivity contribution in [3.05, 3.63) is 59.3 Å². The maximum atomic E-state index is 5.55. The van der Waals surface area contributed by atoms with Crippen LogP contribution in [0.1, 0.15) is 29.2 Å². The number of rotatable bonds is 5. The molecule has 0 spiro atoms. The molecule has 2 heterocycles. The van der Waals surface area contributed by atoms with Gasteiger partial charge in [0, 0.05) is 29.7 Å². The summed E-state index contributed by atoms with van der Waals surface area (Å²) in [4.78, 5) is 5.85. The molecule has 0 radical (unpaired) electrons. The topological polar surface area (TPSA) is 37.5 Å². The summed E-state index contributed by atoms with van der Waals surface area (Å²) in [6.07, 6.45) is 5.34. The first-order valence-corrected chi connectivity index (χ1v) is 9.21. The van der Waals surface area contributed by atoms with E-state index in [0.717, 1.165) is 37.3 Å². The standard InChI is InChI=1S/C22H26N2O2/c1-24-11-10-15-12-21(25-2)22(26-3)13-18(15)20(24)9-8-16-14-23-19-7-5-4-6-17(16)19/h4-7,12-14,20,23H,8-11H2,1-3H3. The van der Waals surface area contributed by atoms with Crippen molar-refractivity contribution in [1.29, 1.82) is 0 Å². The quantitative estimate of drug-likeness (QED) is 0.743. The molecule has 1 N–H and O–H groups in total. The van der Waals surface area contributed by atoms with E-state index < -0.39 is 0 Å². The Labute approximate surface area is 154 Å². The summed E-state index contributed by atoms with van der Waals surface area (Å²) in [6.45, 7) is 1.07. The fraction of sp³-hybridized carbons (Fsp3) is 0.364. The smallest absolute Gasteiger partial charge is 0.161 e. The Hall–Kier alpha value is -2.46. The Morgan fingerprint density at radius 2 is 1.88 bits per heavy atom. The molecule has 1 atom stereocenters. The maximum absolute atomic E-state index is 5.55. The number of aryl methyl sites for hydroxylation is 1. The van der Waals surface area contributed by atoms with E-state index in [-0.39, 0.29) is 0 Å². The second kappa shape index (κ2) is 7.04. The van der Waals surface area contributed by atoms with Gasteiger partial charge in [-0.1, -0.05) is 18.2 Å². The SMILES string of the molecule is COc1cc2c(cc1OC)C(CCc1c[nH]c3ccccc13)N(C)CC2. The summed E-state index contributed by atoms with van der Waals surface area (Å²) in [7, 11) is 5.63. The zero-order valence-electron chi connectivity index (χ0n) is 15.7. The molecule has 0 bridgehead atoms. The molecule has 1 unspecified atom stereocenters. The number of likely N-dealkylation sites (N-methyl/N-ethyl adjacent to an activating group) is 1. The number of methoxy groups -OCH3 is 2. The number of benzene rings is 2. The first-order chi connectivity index (χ1) is 12.7. The molecule has 4 rings (SSSR count). The molecule has 0 fully saturated rings. The molecule has 1 aromatic heterocycles. The summed E-state index contributed by atoms with van der Waals surface area (Å²) in [5.41, 5.74) is 5.36. The first kappa shape index (κ1) is 17.0. The van der Waals surface area contributed by atoms with Crippen LogP contribution in [0.15, 0.2) is 42.6 Å². The van der Waals surface area contributed by atoms with Gasteiger partial charge in [-0.05, 0) is 61.2 Å². The van der Waals surface area contributed by atoms with Gasteiger partial charge in [-0.3, -0.25) is 4.90 Å². The molecule has 1 aliphatic rings. The summed E-state index contributed by atoms with van der Waals surface area (Å²) >= 11 is 0. The lowest BCUT2D eigenvalue weighted by molar-refractivity contribution is 0.218. The number of H-pyrrole nitrogens is 1. The van der Waals surface area contributed by atoms with Crippen LogP contribution in [0.2, 0.25) is 0 Å². The molecule has 3 aromatic rings. The highest BCUT2D eigenvalue weighted by Crippen LogP contribution is 2.39. The normalized spacial score (nSPS) is 17.3. The predicted octanol–water partition coefficient (Wildman–Crippen LogP) is 4.35. The van der Waals surface area contributed by atoms with Crippen molar-refractivity contribution in [3.8, 4) is 11.5 Å². The van der Waals surface area contributed by atoms with E-state index in [2.05, 4.69) is 59.5 Å². The first-order valence-electron chi connectivity index (χ1n) is 9.21. The number of fused-ring (bicyclic) bond motifs is 2. The van der Waals surface area contributed by atoms with Crippen LogP contribution in [0.25, 0.3) is 10.9 Å². The fourth-order valence-corrected chi connectivity index (χ4v) is 4.16. The van der Waals surface area contributed by atoms with E-state index in [9.17, 15) is 0 Å². The van der Waals surface area contributed by atoms with Gasteiger partial charge in [0.1, 0.15) is 0 Å². The zero-order chi connectivity index (χ0) is 18.1. The number of nitrogens with one attached hydrogen (secondary N) is 1. The number of aromatic nitrogens is 1. The highest BCUT2D eigenvalue weighted by Gasteiger charge is 2.26. The highest BCUT2D eigenvalue weighted by atomic mass is 16.5. The molecule has 2 aromatic carbocycles. The van der Waals surface area contributed by atoms with Crippen LogP contribution in [-0.2, 0) is 12.8 Å². The molecule has 4 nitrogen and oxygen atoms in total. The van der Waals surface area contributed by atoms with Crippen molar-refractivity contribution < 1.29 is 9.47 Å². The second-order valence-corrected chi connectivity index (χ2v) is 7.05. The van der Waals surface area contributed by atoms with E-state index in [1.165, 1.54) is 27.6 Å². The molecular weight excluding hydrogens is 324 g/mol. The lowest BCUT2D eigenvalue weighted by Gasteiger charge is -2.35. The minimum Gasteiger partial charge on any atom is -0.493 e. The van der Waals surface area contributed by atoms with E-state index in [1.54, 1.807) is 14.2 Å². The third-order valence-electron chi connectivity index (χ3n) is 5.63. The van der Waals surface area contributed by atoms with Crippen molar-refractivity contribution in [2.24, 2.45) is 0 Å². The van der Waals surface area contributed by atoms with Crippen LogP contribution in [0.3, 0.4) is 0 Å². The second-order valence-electron chi connectivity index (χ2n) is 7.05. The maximum Gasteiger partial charge on any atom is 0.161 e. The van der Waals surface area contributed by atoms with Crippen molar-refractivity contribution in [2.45, 2.75) is 25.3 Å². The lowest BCUT2D eigenvalue weighted by Crippen LogP contribution is -2.32. The molecule has 0 saturated carbocycles. The van der Waals surface area contributed by atoms with Gasteiger partial charge >= 0.3 is 0 Å². The largest absolute Gasteiger partial charge is 0.493 e. The molecule has 26 heavy (non-hydrogen) atoms. The molecule has 136 valence electrons. The Balaban J connectivity index is 1.62. The highest BCUT2D eigenvalue weighted by molar-refractivity contribution is 5.83. The van der Waals surface area contributed by atoms with Crippen LogP contribution in [0.5, 0.6) is 11.5 Å². The minimum absolute atomic E-state index is 0.396. The van der Waals surface area contributed by atoms with E-state index >= 15 is 0 Å². The van der Waals surface area contributed by atoms with Crippen molar-refractivity contribution in [3.63, 3.8) is 0 Å². The predicted molar refractivity (Wildman–Crippen MR) is 105 cm³/mol. The minimum atomic E-state index is 0.396. The number of hydrogen-bond acceptors (Lipinski definition) is 3. The van der Waals surface area contributed by atoms with Gasteiger partial charge < -0.3 is 14.5 Å². The van der Waals surface area contributed by atoms with Gasteiger partial charge in [-0.15, -0.1) is 0 Å². The Kier molecular flexibility index (Phi) is 4.60. The summed E-state index contributed by atoms with van der Waals surface area (Å²) in [6, 6.07) is 13.2. The zero-order valence-corrected chi connectivity index (χ0v) is 15.7. The number of hydrogen-bond donors (Lipinski definition) is 1. The number of ether oxygens (including phenoxy) is 2. The lowest BCUT2D eigenvalue weighted by atomic mass is 9.89. The molecular formula is C22H26N2O2. The van der Waals surface area contributed by atoms with Crippen molar-refractivity contribution in [1.82, 2.24) is 9.88 Å². The summed E-state index contributed by atoms with van der Waals surface area (Å²) in [5.74, 6) is 1.64. The van der Waals surface area contributed by atoms with Crippen LogP contribution in [0, 0.1) is 0 Å². The van der Waals surface area contributed by atoms with E-state index in [0.29, 0.717) is 6.04 Å². The molecule has 1 aliphatic heterocycles. The van der Waals surface area contributed by atoms with Gasteiger partial charge in [-0.25, -0.2) is 0 Å². The number of aromatic amines is 1. The Morgan fingerprint density at radius 3 is 2.69 bits per heavy atom. The third-order valence-corrected chi connectivity index (χ3v) is 5.63. The van der Waals surface area contributed by atoms with Crippen molar-refractivity contribution >= 4 is 10.9 Å². The van der Waals surface area contributed by atoms with E-state index in [1.807, 2.05) is 0 Å². The van der Waals surface area contributed by atoms with Gasteiger partial charge in [0.25, 0.3) is 0 Å². The Morgan fingerprint density at radius 1 is 1.12 bits per heavy atom. The van der Waals surface area contributed by atoms with Crippen LogP contribution in [-0.4, -0.2) is 37.7 Å². The monoisotopic (exact) mass is 350 g/mol. The van der Waals surface area contributed by atoms with Gasteiger partial charge in [0.15, 0.2) is 11.5 Å².